The van der Waals surface area contributed by atoms with Gasteiger partial charge in [0.25, 0.3) is 48.3 Å². The number of benzene rings is 3. The second kappa shape index (κ2) is 36.1. The molecule has 107 heavy (non-hydrogen) atoms. The molecule has 0 saturated carbocycles. The molecule has 1 amide bonds. The fraction of sp³-hybridized carbons (Fsp3) is 0.591. The Balaban J connectivity index is 0.807. The van der Waals surface area contributed by atoms with Crippen LogP contribution < -0.4 is 43.4 Å². The number of amides is 1. The zero-order chi connectivity index (χ0) is 78.1. The molecule has 4 aromatic carbocycles. The molecule has 5 aromatic rings. The molecule has 0 spiro atoms. The highest BCUT2D eigenvalue weighted by Crippen LogP contribution is 2.42. The van der Waals surface area contributed by atoms with Gasteiger partial charge in [0, 0.05) is 67.7 Å². The van der Waals surface area contributed by atoms with E-state index >= 15 is 0 Å². The number of aliphatic hydroxyl groups is 11. The van der Waals surface area contributed by atoms with Gasteiger partial charge in [0.1, 0.15) is 107 Å². The second-order valence-electron chi connectivity index (χ2n) is 26.6. The summed E-state index contributed by atoms with van der Waals surface area (Å²) in [6, 6.07) is 11.2. The first-order valence-electron chi connectivity index (χ1n) is 34.2. The number of carbonyl (C=O) groups is 3. The van der Waals surface area contributed by atoms with Crippen LogP contribution in [0.15, 0.2) is 89.6 Å². The minimum Gasteiger partial charge on any atom is -0.477 e. The quantitative estimate of drug-likeness (QED) is 0.0105. The number of carbonyl (C=O) groups excluding carboxylic acids is 2. The van der Waals surface area contributed by atoms with Gasteiger partial charge in [-0.25, -0.2) is 9.59 Å². The third-order valence-electron chi connectivity index (χ3n) is 19.0. The number of ether oxygens (including phenoxy) is 8. The molecule has 592 valence electrons. The zero-order valence-electron chi connectivity index (χ0n) is 57.5. The highest BCUT2D eigenvalue weighted by atomic mass is 32.2. The first kappa shape index (κ1) is 83.8. The van der Waals surface area contributed by atoms with Crippen LogP contribution in [0.4, 0.5) is 22.7 Å². The number of aliphatic carboxylic acids is 1. The maximum absolute atomic E-state index is 14.2. The lowest BCUT2D eigenvalue weighted by atomic mass is 9.84. The number of aromatic nitrogens is 2. The van der Waals surface area contributed by atoms with Crippen molar-refractivity contribution < 1.29 is 139 Å². The smallest absolute Gasteiger partial charge is 0.364 e. The van der Waals surface area contributed by atoms with Crippen LogP contribution in [-0.4, -0.2) is 270 Å². The molecule has 0 bridgehead atoms. The number of unbranched alkanes of at least 4 members (excludes halogenated alkanes) is 5. The SMILES string of the molecule is CC1OC(OC2C(NC(=O)c3cc(=O)[nH]c(=O)[nH]3)C(OCCCCCCCCC(=O)CCCNc3c(Nc4cccc(CNc5cc(S(=O)(=O)O)cc6cccc(S(=O)(=O)O)c56)c4)c(=O)c3=O)OC(CO)C2OC2OC(CO)C(O)C(OC3(C(=O)O)CC(O)C(C)C([C@H](O)[C@H](O)CO)O3)C2O)C(O)C(O)C1O. The van der Waals surface area contributed by atoms with Crippen molar-refractivity contribution in [3.8, 4) is 0 Å². The van der Waals surface area contributed by atoms with Gasteiger partial charge in [0.2, 0.25) is 0 Å². The van der Waals surface area contributed by atoms with Gasteiger partial charge in [-0.2, -0.15) is 16.8 Å². The number of aliphatic hydroxyl groups excluding tert-OH is 11. The molecule has 1 aromatic heterocycles. The summed E-state index contributed by atoms with van der Waals surface area (Å²) >= 11 is 0. The molecule has 4 saturated heterocycles. The van der Waals surface area contributed by atoms with Gasteiger partial charge in [-0.05, 0) is 67.5 Å². The third kappa shape index (κ3) is 19.9. The average Bonchev–Trinajstić information content (AvgIpc) is 0.571. The number of fused-ring (bicyclic) bond motifs is 1. The molecule has 4 aliphatic rings. The summed E-state index contributed by atoms with van der Waals surface area (Å²) in [5.41, 5.74) is -3.61. The molecule has 4 aliphatic heterocycles. The molecule has 39 nitrogen and oxygen atoms in total. The molecule has 5 heterocycles. The number of hydrogen-bond donors (Lipinski definition) is 20. The fourth-order valence-electron chi connectivity index (χ4n) is 13.1. The Labute approximate surface area is 608 Å². The van der Waals surface area contributed by atoms with Crippen molar-refractivity contribution in [3.63, 3.8) is 0 Å². The van der Waals surface area contributed by atoms with Crippen LogP contribution in [0.2, 0.25) is 0 Å². The molecule has 0 aliphatic carbocycles. The molecule has 19 unspecified atom stereocenters. The maximum atomic E-state index is 14.2. The number of hydrogen-bond acceptors (Lipinski definition) is 33. The molecule has 21 atom stereocenters. The maximum Gasteiger partial charge on any atom is 0.364 e. The van der Waals surface area contributed by atoms with E-state index in [0.717, 1.165) is 18.2 Å². The summed E-state index contributed by atoms with van der Waals surface area (Å²) in [6.07, 6.45) is -31.9. The number of carboxylic acids is 1. The van der Waals surface area contributed by atoms with Crippen LogP contribution in [-0.2, 0) is 74.3 Å². The number of aromatic amines is 2. The topological polar surface area (TPSA) is 625 Å². The highest BCUT2D eigenvalue weighted by Gasteiger charge is 2.60. The van der Waals surface area contributed by atoms with Crippen LogP contribution in [0.5, 0.6) is 0 Å². The van der Waals surface area contributed by atoms with Crippen molar-refractivity contribution in [2.45, 2.75) is 217 Å². The van der Waals surface area contributed by atoms with Crippen LogP contribution >= 0.6 is 0 Å². The van der Waals surface area contributed by atoms with Crippen molar-refractivity contribution >= 4 is 71.4 Å². The highest BCUT2D eigenvalue weighted by molar-refractivity contribution is 7.86. The second-order valence-corrected chi connectivity index (χ2v) is 29.4. The Bertz CT molecular complexity index is 4320. The predicted molar refractivity (Wildman–Crippen MR) is 367 cm³/mol. The standard InChI is InChI=1S/C66H88N6O33S2/c1-29-38(77)24-66(64(89)90,104-56(29)49(81)39(78)26-73)105-59-50(82)40(27-74)100-63(55(59)87)102-57-41(28-75)101-61(47(72-60(88)37-23-43(79)71-65(91)70-37)58(57)103-62-54(86)53(85)48(80)30(2)99-62)98-19-8-6-4-3-5-7-15-34(76)16-11-18-67-45-46(52(84)51(45)83)69-33-14-9-12-31(20-33)25-68-36-22-35(106(92,93)94)21-32-13-10-17-42(44(32)36)107(95,96)97/h9-10,12-14,17,20-23,29-30,38-41,47-50,53-59,61-63,67-69,73-75,77-78,80-82,85-87H,3-8,11,15-16,18-19,24-28H2,1-2H3,(H,72,88)(H,89,90)(H,92,93,94)(H,95,96,97)(H2,70,71,79,91)/t29?,30?,38?,39-,40?,41?,47?,48?,49-,50?,53?,54?,55?,56?,57?,58?,59?,61?,62?,63?,66?/m1/s1. The van der Waals surface area contributed by atoms with E-state index in [4.69, 9.17) is 37.9 Å². The van der Waals surface area contributed by atoms with E-state index < -0.39 is 224 Å². The Morgan fingerprint density at radius 2 is 1.34 bits per heavy atom. The van der Waals surface area contributed by atoms with Crippen LogP contribution in [0.3, 0.4) is 0 Å². The number of H-pyrrole nitrogens is 2. The van der Waals surface area contributed by atoms with E-state index in [1.54, 1.807) is 24.3 Å². The lowest BCUT2D eigenvalue weighted by molar-refractivity contribution is -0.392. The van der Waals surface area contributed by atoms with Crippen LogP contribution in [0, 0.1) is 5.92 Å². The van der Waals surface area contributed by atoms with Gasteiger partial charge < -0.3 is 125 Å². The van der Waals surface area contributed by atoms with E-state index in [1.807, 2.05) is 4.98 Å². The zero-order valence-corrected chi connectivity index (χ0v) is 59.1. The Hall–Kier alpha value is -7.25. The van der Waals surface area contributed by atoms with Crippen LogP contribution in [0.25, 0.3) is 10.8 Å². The summed E-state index contributed by atoms with van der Waals surface area (Å²) in [5, 5.41) is 142. The number of rotatable bonds is 36. The lowest BCUT2D eigenvalue weighted by Gasteiger charge is -2.51. The number of Topliss-reactive ketones (excluding diaryl/α,β-unsaturated/α-hetero) is 1. The van der Waals surface area contributed by atoms with E-state index in [0.29, 0.717) is 55.8 Å². The molecule has 4 fully saturated rings. The first-order chi connectivity index (χ1) is 50.6. The van der Waals surface area contributed by atoms with Crippen molar-refractivity contribution in [1.29, 1.82) is 0 Å². The minimum atomic E-state index is -4.79. The summed E-state index contributed by atoms with van der Waals surface area (Å²) < 4.78 is 117. The number of ketones is 1. The fourth-order valence-corrected chi connectivity index (χ4v) is 14.4. The normalized spacial score (nSPS) is 29.8. The van der Waals surface area contributed by atoms with Gasteiger partial charge in [-0.15, -0.1) is 0 Å². The summed E-state index contributed by atoms with van der Waals surface area (Å²) in [5.74, 6) is -7.50. The molecule has 41 heteroatoms. The molecular formula is C66H88N6O33S2. The van der Waals surface area contributed by atoms with Crippen molar-refractivity contribution in [2.24, 2.45) is 5.92 Å². The minimum absolute atomic E-state index is 0.00483. The van der Waals surface area contributed by atoms with E-state index in [-0.39, 0.29) is 72.6 Å². The third-order valence-corrected chi connectivity index (χ3v) is 20.7. The van der Waals surface area contributed by atoms with Gasteiger partial charge in [-0.1, -0.05) is 56.9 Å². The Morgan fingerprint density at radius 3 is 2.01 bits per heavy atom. The largest absolute Gasteiger partial charge is 0.477 e. The number of carboxylic acid groups (broad SMARTS) is 1. The van der Waals surface area contributed by atoms with E-state index in [2.05, 4.69) is 26.3 Å². The van der Waals surface area contributed by atoms with Gasteiger partial charge in [-0.3, -0.25) is 38.1 Å². The summed E-state index contributed by atoms with van der Waals surface area (Å²) in [6.45, 7) is -0.680. The van der Waals surface area contributed by atoms with Gasteiger partial charge in [0.15, 0.2) is 18.9 Å². The number of nitrogens with one attached hydrogen (secondary N) is 6. The average molecular weight is 1560 g/mol. The van der Waals surface area contributed by atoms with E-state index in [1.165, 1.54) is 26.0 Å². The molecule has 20 N–H and O–H groups in total. The number of anilines is 4. The first-order valence-corrected chi connectivity index (χ1v) is 37.1. The molecule has 9 rings (SSSR count). The summed E-state index contributed by atoms with van der Waals surface area (Å²) in [7, 11) is -9.55. The predicted octanol–water partition coefficient (Wildman–Crippen LogP) is -3.61. The Morgan fingerprint density at radius 1 is 0.682 bits per heavy atom. The lowest BCUT2D eigenvalue weighted by Crippen LogP contribution is -2.70. The molecule has 0 radical (unpaired) electrons. The van der Waals surface area contributed by atoms with Gasteiger partial charge >= 0.3 is 11.7 Å². The van der Waals surface area contributed by atoms with Crippen molar-refractivity contribution in [3.05, 3.63) is 113 Å². The van der Waals surface area contributed by atoms with Crippen molar-refractivity contribution in [2.75, 3.05) is 48.9 Å². The van der Waals surface area contributed by atoms with Crippen molar-refractivity contribution in [1.82, 2.24) is 15.3 Å². The van der Waals surface area contributed by atoms with Gasteiger partial charge in [0.05, 0.1) is 43.0 Å². The van der Waals surface area contributed by atoms with Crippen LogP contribution in [0.1, 0.15) is 94.1 Å². The Kier molecular flexibility index (Phi) is 28.2. The molecular weight excluding hydrogens is 1470 g/mol. The summed E-state index contributed by atoms with van der Waals surface area (Å²) in [4.78, 5) is 93.6. The monoisotopic (exact) mass is 1560 g/mol. The van der Waals surface area contributed by atoms with E-state index in [9.17, 15) is 121 Å².